The fourth-order valence-corrected chi connectivity index (χ4v) is 3.10. The zero-order valence-corrected chi connectivity index (χ0v) is 13.8. The van der Waals surface area contributed by atoms with E-state index in [1.165, 1.54) is 60.7 Å². The third kappa shape index (κ3) is 3.81. The zero-order valence-electron chi connectivity index (χ0n) is 13.8. The number of hydrogen-bond acceptors (Lipinski definition) is 1. The standard InChI is InChI=1S/C19H29NO/c1-4-6-8-11-15-16(12-9-7-5-2)20-17-13-10-14-18(21-3)19(15)17/h10,13-14,20H,4-9,11-12H2,1-3H3. The van der Waals surface area contributed by atoms with Crippen LogP contribution in [0.2, 0.25) is 0 Å². The maximum atomic E-state index is 5.59. The van der Waals surface area contributed by atoms with Crippen LogP contribution in [0.5, 0.6) is 5.75 Å². The molecule has 0 saturated carbocycles. The molecule has 1 N–H and O–H groups in total. The second kappa shape index (κ2) is 8.11. The number of fused-ring (bicyclic) bond motifs is 1. The molecule has 0 amide bonds. The summed E-state index contributed by atoms with van der Waals surface area (Å²) in [5.41, 5.74) is 4.15. The highest BCUT2D eigenvalue weighted by Crippen LogP contribution is 2.33. The Kier molecular flexibility index (Phi) is 6.16. The predicted molar refractivity (Wildman–Crippen MR) is 91.3 cm³/mol. The van der Waals surface area contributed by atoms with Crippen molar-refractivity contribution in [2.45, 2.75) is 65.2 Å². The van der Waals surface area contributed by atoms with Gasteiger partial charge in [0.15, 0.2) is 0 Å². The normalized spacial score (nSPS) is 11.2. The number of methoxy groups -OCH3 is 1. The molecule has 1 aromatic heterocycles. The number of aromatic nitrogens is 1. The molecule has 0 bridgehead atoms. The van der Waals surface area contributed by atoms with Gasteiger partial charge in [0.2, 0.25) is 0 Å². The van der Waals surface area contributed by atoms with Crippen molar-refractivity contribution < 1.29 is 4.74 Å². The molecule has 0 aliphatic heterocycles. The number of nitrogens with one attached hydrogen (secondary N) is 1. The van der Waals surface area contributed by atoms with Crippen LogP contribution in [-0.2, 0) is 12.8 Å². The summed E-state index contributed by atoms with van der Waals surface area (Å²) in [5, 5.41) is 1.31. The summed E-state index contributed by atoms with van der Waals surface area (Å²) in [6.07, 6.45) is 10.0. The molecule has 2 rings (SSSR count). The molecule has 0 fully saturated rings. The van der Waals surface area contributed by atoms with Crippen molar-refractivity contribution in [3.05, 3.63) is 29.5 Å². The van der Waals surface area contributed by atoms with E-state index < -0.39 is 0 Å². The number of H-pyrrole nitrogens is 1. The van der Waals surface area contributed by atoms with Crippen molar-refractivity contribution in [3.63, 3.8) is 0 Å². The van der Waals surface area contributed by atoms with Crippen molar-refractivity contribution in [3.8, 4) is 5.75 Å². The number of ether oxygens (including phenoxy) is 1. The van der Waals surface area contributed by atoms with Gasteiger partial charge in [-0.2, -0.15) is 0 Å². The second-order valence-corrected chi connectivity index (χ2v) is 5.88. The highest BCUT2D eigenvalue weighted by molar-refractivity contribution is 5.90. The summed E-state index contributed by atoms with van der Waals surface area (Å²) in [5.74, 6) is 1.01. The Labute approximate surface area is 128 Å². The van der Waals surface area contributed by atoms with Crippen LogP contribution in [0.4, 0.5) is 0 Å². The van der Waals surface area contributed by atoms with Crippen molar-refractivity contribution in [2.24, 2.45) is 0 Å². The summed E-state index contributed by atoms with van der Waals surface area (Å²) in [6.45, 7) is 4.52. The summed E-state index contributed by atoms with van der Waals surface area (Å²) in [6, 6.07) is 6.32. The summed E-state index contributed by atoms with van der Waals surface area (Å²) >= 11 is 0. The van der Waals surface area contributed by atoms with Crippen LogP contribution in [0.15, 0.2) is 18.2 Å². The van der Waals surface area contributed by atoms with Gasteiger partial charge in [0.05, 0.1) is 7.11 Å². The lowest BCUT2D eigenvalue weighted by molar-refractivity contribution is 0.419. The third-order valence-corrected chi connectivity index (χ3v) is 4.26. The molecule has 0 aliphatic rings. The van der Waals surface area contributed by atoms with Crippen LogP contribution in [0.1, 0.15) is 63.6 Å². The maximum absolute atomic E-state index is 5.59. The van der Waals surface area contributed by atoms with Crippen molar-refractivity contribution in [2.75, 3.05) is 7.11 Å². The van der Waals surface area contributed by atoms with Crippen molar-refractivity contribution >= 4 is 10.9 Å². The monoisotopic (exact) mass is 287 g/mol. The first kappa shape index (κ1) is 15.9. The van der Waals surface area contributed by atoms with E-state index in [1.807, 2.05) is 0 Å². The van der Waals surface area contributed by atoms with Crippen molar-refractivity contribution in [1.29, 1.82) is 0 Å². The van der Waals surface area contributed by atoms with E-state index in [2.05, 4.69) is 37.0 Å². The Morgan fingerprint density at radius 1 is 0.952 bits per heavy atom. The highest BCUT2D eigenvalue weighted by atomic mass is 16.5. The van der Waals surface area contributed by atoms with Gasteiger partial charge >= 0.3 is 0 Å². The third-order valence-electron chi connectivity index (χ3n) is 4.26. The van der Waals surface area contributed by atoms with Gasteiger partial charge in [-0.05, 0) is 43.4 Å². The first-order chi connectivity index (χ1) is 10.3. The van der Waals surface area contributed by atoms with E-state index in [-0.39, 0.29) is 0 Å². The number of aryl methyl sites for hydroxylation is 2. The summed E-state index contributed by atoms with van der Waals surface area (Å²) < 4.78 is 5.59. The van der Waals surface area contributed by atoms with E-state index in [4.69, 9.17) is 4.74 Å². The molecule has 2 aromatic rings. The highest BCUT2D eigenvalue weighted by Gasteiger charge is 2.14. The molecule has 1 aromatic carbocycles. The second-order valence-electron chi connectivity index (χ2n) is 5.88. The number of benzene rings is 1. The van der Waals surface area contributed by atoms with E-state index in [0.717, 1.165) is 18.6 Å². The molecule has 1 heterocycles. The van der Waals surface area contributed by atoms with E-state index >= 15 is 0 Å². The molecule has 0 unspecified atom stereocenters. The predicted octanol–water partition coefficient (Wildman–Crippen LogP) is 5.64. The Morgan fingerprint density at radius 3 is 2.33 bits per heavy atom. The van der Waals surface area contributed by atoms with E-state index in [1.54, 1.807) is 7.11 Å². The molecule has 116 valence electrons. The summed E-state index contributed by atoms with van der Waals surface area (Å²) in [7, 11) is 1.77. The largest absolute Gasteiger partial charge is 0.496 e. The average Bonchev–Trinajstić information content (AvgIpc) is 2.86. The zero-order chi connectivity index (χ0) is 15.1. The first-order valence-electron chi connectivity index (χ1n) is 8.48. The van der Waals surface area contributed by atoms with Crippen LogP contribution in [0.25, 0.3) is 10.9 Å². The molecule has 21 heavy (non-hydrogen) atoms. The fourth-order valence-electron chi connectivity index (χ4n) is 3.10. The Balaban J connectivity index is 2.33. The van der Waals surface area contributed by atoms with Gasteiger partial charge in [0.1, 0.15) is 5.75 Å². The van der Waals surface area contributed by atoms with Crippen LogP contribution < -0.4 is 4.74 Å². The van der Waals surface area contributed by atoms with Crippen molar-refractivity contribution in [1.82, 2.24) is 4.98 Å². The topological polar surface area (TPSA) is 25.0 Å². The summed E-state index contributed by atoms with van der Waals surface area (Å²) in [4.78, 5) is 3.64. The van der Waals surface area contributed by atoms with Gasteiger partial charge in [0, 0.05) is 16.6 Å². The van der Waals surface area contributed by atoms with Gasteiger partial charge in [-0.1, -0.05) is 45.6 Å². The van der Waals surface area contributed by atoms with Crippen LogP contribution in [0.3, 0.4) is 0 Å². The number of aromatic amines is 1. The van der Waals surface area contributed by atoms with Gasteiger partial charge < -0.3 is 9.72 Å². The maximum Gasteiger partial charge on any atom is 0.128 e. The lowest BCUT2D eigenvalue weighted by Gasteiger charge is -2.07. The molecular formula is C19H29NO. The van der Waals surface area contributed by atoms with Gasteiger partial charge in [-0.25, -0.2) is 0 Å². The molecule has 2 heteroatoms. The number of rotatable bonds is 9. The van der Waals surface area contributed by atoms with Crippen LogP contribution in [0, 0.1) is 0 Å². The molecular weight excluding hydrogens is 258 g/mol. The average molecular weight is 287 g/mol. The SMILES string of the molecule is CCCCCc1[nH]c2cccc(OC)c2c1CCCCC. The van der Waals surface area contributed by atoms with E-state index in [9.17, 15) is 0 Å². The van der Waals surface area contributed by atoms with Crippen LogP contribution >= 0.6 is 0 Å². The van der Waals surface area contributed by atoms with Crippen LogP contribution in [-0.4, -0.2) is 12.1 Å². The lowest BCUT2D eigenvalue weighted by Crippen LogP contribution is -1.94. The first-order valence-corrected chi connectivity index (χ1v) is 8.48. The molecule has 0 radical (unpaired) electrons. The molecule has 0 saturated heterocycles. The smallest absolute Gasteiger partial charge is 0.128 e. The quantitative estimate of drug-likeness (QED) is 0.593. The molecule has 2 nitrogen and oxygen atoms in total. The minimum atomic E-state index is 1.01. The fraction of sp³-hybridized carbons (Fsp3) is 0.579. The minimum Gasteiger partial charge on any atom is -0.496 e. The Morgan fingerprint density at radius 2 is 1.67 bits per heavy atom. The molecule has 0 atom stereocenters. The number of unbranched alkanes of at least 4 members (excludes halogenated alkanes) is 4. The van der Waals surface area contributed by atoms with Gasteiger partial charge in [-0.15, -0.1) is 0 Å². The van der Waals surface area contributed by atoms with E-state index in [0.29, 0.717) is 0 Å². The Bertz CT molecular complexity index is 556. The van der Waals surface area contributed by atoms with Gasteiger partial charge in [-0.3, -0.25) is 0 Å². The Hall–Kier alpha value is -1.44. The minimum absolute atomic E-state index is 1.01. The number of hydrogen-bond donors (Lipinski definition) is 1. The molecule has 0 spiro atoms. The lowest BCUT2D eigenvalue weighted by atomic mass is 10.0. The molecule has 0 aliphatic carbocycles. The van der Waals surface area contributed by atoms with Gasteiger partial charge in [0.25, 0.3) is 0 Å².